The van der Waals surface area contributed by atoms with Crippen LogP contribution in [0, 0.1) is 0 Å². The SMILES string of the molecule is COCc1ccc(OC)c(CN2CCc3nnc(C4CCCCN4)n3CC2)c1. The van der Waals surface area contributed by atoms with Gasteiger partial charge in [0.25, 0.3) is 0 Å². The summed E-state index contributed by atoms with van der Waals surface area (Å²) in [5.74, 6) is 3.18. The molecule has 0 saturated carbocycles. The van der Waals surface area contributed by atoms with Gasteiger partial charge in [0, 0.05) is 45.3 Å². The van der Waals surface area contributed by atoms with Crippen molar-refractivity contribution in [2.24, 2.45) is 0 Å². The highest BCUT2D eigenvalue weighted by atomic mass is 16.5. The summed E-state index contributed by atoms with van der Waals surface area (Å²) in [6, 6.07) is 6.67. The normalized spacial score (nSPS) is 20.6. The standard InChI is InChI=1S/C21H31N5O2/c1-27-15-16-6-7-19(28-2)17(13-16)14-25-10-8-20-23-24-21(26(20)12-11-25)18-5-3-4-9-22-18/h6-7,13,18,22H,3-5,8-12,14-15H2,1-2H3. The molecule has 1 atom stereocenters. The van der Waals surface area contributed by atoms with Gasteiger partial charge >= 0.3 is 0 Å². The first-order valence-corrected chi connectivity index (χ1v) is 10.3. The van der Waals surface area contributed by atoms with Crippen LogP contribution in [0.2, 0.25) is 0 Å². The Morgan fingerprint density at radius 1 is 1.14 bits per heavy atom. The first-order chi connectivity index (χ1) is 13.8. The van der Waals surface area contributed by atoms with Crippen molar-refractivity contribution in [3.63, 3.8) is 0 Å². The average molecular weight is 386 g/mol. The third-order valence-corrected chi connectivity index (χ3v) is 5.82. The Balaban J connectivity index is 1.46. The first kappa shape index (κ1) is 19.4. The zero-order chi connectivity index (χ0) is 19.3. The molecule has 0 aliphatic carbocycles. The molecular weight excluding hydrogens is 354 g/mol. The highest BCUT2D eigenvalue weighted by Gasteiger charge is 2.25. The van der Waals surface area contributed by atoms with Crippen LogP contribution >= 0.6 is 0 Å². The minimum absolute atomic E-state index is 0.354. The predicted octanol–water partition coefficient (Wildman–Crippen LogP) is 2.31. The molecule has 3 heterocycles. The molecule has 1 aromatic heterocycles. The van der Waals surface area contributed by atoms with Gasteiger partial charge in [-0.2, -0.15) is 0 Å². The maximum Gasteiger partial charge on any atom is 0.150 e. The van der Waals surface area contributed by atoms with Gasteiger partial charge in [0.15, 0.2) is 0 Å². The molecule has 1 N–H and O–H groups in total. The number of benzene rings is 1. The van der Waals surface area contributed by atoms with E-state index in [1.807, 2.05) is 6.07 Å². The topological polar surface area (TPSA) is 64.4 Å². The molecule has 1 saturated heterocycles. The van der Waals surface area contributed by atoms with Crippen LogP contribution in [0.15, 0.2) is 18.2 Å². The lowest BCUT2D eigenvalue weighted by molar-refractivity contribution is 0.184. The molecular formula is C21H31N5O2. The summed E-state index contributed by atoms with van der Waals surface area (Å²) < 4.78 is 13.2. The Morgan fingerprint density at radius 2 is 2.07 bits per heavy atom. The Bertz CT molecular complexity index is 785. The van der Waals surface area contributed by atoms with Gasteiger partial charge in [-0.1, -0.05) is 12.5 Å². The van der Waals surface area contributed by atoms with Crippen LogP contribution in [-0.2, 0) is 30.9 Å². The molecule has 0 bridgehead atoms. The number of methoxy groups -OCH3 is 2. The van der Waals surface area contributed by atoms with E-state index in [4.69, 9.17) is 9.47 Å². The van der Waals surface area contributed by atoms with Crippen molar-refractivity contribution in [3.05, 3.63) is 41.0 Å². The number of piperidine rings is 1. The molecule has 0 radical (unpaired) electrons. The minimum Gasteiger partial charge on any atom is -0.496 e. The molecule has 152 valence electrons. The van der Waals surface area contributed by atoms with Crippen molar-refractivity contribution in [1.29, 1.82) is 0 Å². The van der Waals surface area contributed by atoms with Crippen molar-refractivity contribution < 1.29 is 9.47 Å². The van der Waals surface area contributed by atoms with Gasteiger partial charge in [0.1, 0.15) is 17.4 Å². The van der Waals surface area contributed by atoms with Gasteiger partial charge in [0.05, 0.1) is 19.8 Å². The van der Waals surface area contributed by atoms with Crippen molar-refractivity contribution in [2.45, 2.75) is 51.4 Å². The van der Waals surface area contributed by atoms with Crippen LogP contribution in [0.4, 0.5) is 0 Å². The monoisotopic (exact) mass is 385 g/mol. The number of fused-ring (bicyclic) bond motifs is 1. The maximum absolute atomic E-state index is 5.59. The van der Waals surface area contributed by atoms with Crippen molar-refractivity contribution >= 4 is 0 Å². The summed E-state index contributed by atoms with van der Waals surface area (Å²) >= 11 is 0. The highest BCUT2D eigenvalue weighted by Crippen LogP contribution is 2.25. The minimum atomic E-state index is 0.354. The second-order valence-electron chi connectivity index (χ2n) is 7.73. The van der Waals surface area contributed by atoms with E-state index < -0.39 is 0 Å². The van der Waals surface area contributed by atoms with E-state index in [2.05, 4.69) is 37.1 Å². The number of aromatic nitrogens is 3. The summed E-state index contributed by atoms with van der Waals surface area (Å²) in [5.41, 5.74) is 2.39. The molecule has 2 aliphatic heterocycles. The van der Waals surface area contributed by atoms with Crippen LogP contribution in [-0.4, -0.2) is 53.5 Å². The Kier molecular flexibility index (Phi) is 6.24. The van der Waals surface area contributed by atoms with Crippen LogP contribution in [0.5, 0.6) is 5.75 Å². The molecule has 2 aromatic rings. The van der Waals surface area contributed by atoms with E-state index in [-0.39, 0.29) is 0 Å². The Labute approximate surface area is 167 Å². The smallest absolute Gasteiger partial charge is 0.150 e. The van der Waals surface area contributed by atoms with Crippen LogP contribution < -0.4 is 10.1 Å². The van der Waals surface area contributed by atoms with Gasteiger partial charge in [0.2, 0.25) is 0 Å². The fourth-order valence-electron chi connectivity index (χ4n) is 4.33. The number of ether oxygens (including phenoxy) is 2. The van der Waals surface area contributed by atoms with E-state index in [1.165, 1.54) is 24.0 Å². The van der Waals surface area contributed by atoms with E-state index in [0.29, 0.717) is 12.6 Å². The average Bonchev–Trinajstić information content (AvgIpc) is 3.04. The molecule has 0 spiro atoms. The van der Waals surface area contributed by atoms with Crippen LogP contribution in [0.3, 0.4) is 0 Å². The maximum atomic E-state index is 5.59. The third-order valence-electron chi connectivity index (χ3n) is 5.82. The third kappa shape index (κ3) is 4.21. The van der Waals surface area contributed by atoms with Gasteiger partial charge in [-0.25, -0.2) is 0 Å². The number of hydrogen-bond donors (Lipinski definition) is 1. The van der Waals surface area contributed by atoms with E-state index in [0.717, 1.165) is 63.0 Å². The molecule has 28 heavy (non-hydrogen) atoms. The van der Waals surface area contributed by atoms with E-state index in [1.54, 1.807) is 14.2 Å². The molecule has 4 rings (SSSR count). The lowest BCUT2D eigenvalue weighted by atomic mass is 10.0. The van der Waals surface area contributed by atoms with Crippen molar-refractivity contribution in [2.75, 3.05) is 33.9 Å². The zero-order valence-corrected chi connectivity index (χ0v) is 17.0. The summed E-state index contributed by atoms with van der Waals surface area (Å²) in [6.45, 7) is 5.48. The second-order valence-corrected chi connectivity index (χ2v) is 7.73. The summed E-state index contributed by atoms with van der Waals surface area (Å²) in [7, 11) is 3.47. The van der Waals surface area contributed by atoms with Gasteiger partial charge in [-0.05, 0) is 37.1 Å². The predicted molar refractivity (Wildman–Crippen MR) is 107 cm³/mol. The number of hydrogen-bond acceptors (Lipinski definition) is 6. The van der Waals surface area contributed by atoms with Crippen molar-refractivity contribution in [1.82, 2.24) is 25.0 Å². The number of nitrogens with zero attached hydrogens (tertiary/aromatic N) is 4. The molecule has 7 heteroatoms. The molecule has 1 aromatic carbocycles. The van der Waals surface area contributed by atoms with Crippen LogP contribution in [0.25, 0.3) is 0 Å². The second kappa shape index (κ2) is 9.03. The fourth-order valence-corrected chi connectivity index (χ4v) is 4.33. The van der Waals surface area contributed by atoms with Gasteiger partial charge < -0.3 is 19.4 Å². The van der Waals surface area contributed by atoms with Gasteiger partial charge in [-0.15, -0.1) is 10.2 Å². The quantitative estimate of drug-likeness (QED) is 0.823. The highest BCUT2D eigenvalue weighted by molar-refractivity contribution is 5.37. The molecule has 0 amide bonds. The largest absolute Gasteiger partial charge is 0.496 e. The number of rotatable bonds is 6. The summed E-state index contributed by atoms with van der Waals surface area (Å²) in [5, 5.41) is 12.7. The fraction of sp³-hybridized carbons (Fsp3) is 0.619. The molecule has 2 aliphatic rings. The Hall–Kier alpha value is -1.96. The molecule has 1 fully saturated rings. The van der Waals surface area contributed by atoms with Crippen molar-refractivity contribution in [3.8, 4) is 5.75 Å². The first-order valence-electron chi connectivity index (χ1n) is 10.3. The Morgan fingerprint density at radius 3 is 2.86 bits per heavy atom. The summed E-state index contributed by atoms with van der Waals surface area (Å²) in [4.78, 5) is 2.49. The van der Waals surface area contributed by atoms with E-state index in [9.17, 15) is 0 Å². The van der Waals surface area contributed by atoms with Crippen LogP contribution in [0.1, 0.15) is 48.1 Å². The number of nitrogens with one attached hydrogen (secondary N) is 1. The lowest BCUT2D eigenvalue weighted by Crippen LogP contribution is -2.30. The van der Waals surface area contributed by atoms with E-state index >= 15 is 0 Å². The zero-order valence-electron chi connectivity index (χ0n) is 17.0. The lowest BCUT2D eigenvalue weighted by Gasteiger charge is -2.24. The molecule has 7 nitrogen and oxygen atoms in total. The molecule has 1 unspecified atom stereocenters. The van der Waals surface area contributed by atoms with Gasteiger partial charge in [-0.3, -0.25) is 4.90 Å². The summed E-state index contributed by atoms with van der Waals surface area (Å²) in [6.07, 6.45) is 4.62.